The SMILES string of the molecule is CCCC1C2(C)OC(=N)C1(C#N)C(C#N)(C#N)C(c1cc([N+](=O)[O-])ccc1Cl)O2. The average Bonchev–Trinajstić information content (AvgIpc) is 2.85. The number of nitrogens with one attached hydrogen (secondary N) is 1. The van der Waals surface area contributed by atoms with Crippen LogP contribution in [0.3, 0.4) is 0 Å². The Balaban J connectivity index is 2.36. The van der Waals surface area contributed by atoms with Gasteiger partial charge in [0.25, 0.3) is 5.69 Å². The molecule has 1 aromatic carbocycles. The molecule has 2 aliphatic rings. The Bertz CT molecular complexity index is 1020. The van der Waals surface area contributed by atoms with E-state index >= 15 is 0 Å². The summed E-state index contributed by atoms with van der Waals surface area (Å²) >= 11 is 6.26. The first-order valence-corrected chi connectivity index (χ1v) is 9.18. The highest BCUT2D eigenvalue weighted by Crippen LogP contribution is 2.67. The van der Waals surface area contributed by atoms with Crippen molar-refractivity contribution in [2.75, 3.05) is 0 Å². The van der Waals surface area contributed by atoms with Crippen LogP contribution in [-0.2, 0) is 9.47 Å². The molecule has 0 radical (unpaired) electrons. The normalized spacial score (nSPS) is 31.8. The molecule has 2 saturated heterocycles. The molecule has 0 amide bonds. The third-order valence-electron chi connectivity index (χ3n) is 5.76. The minimum absolute atomic E-state index is 0.0167. The van der Waals surface area contributed by atoms with E-state index in [1.165, 1.54) is 19.1 Å². The largest absolute Gasteiger partial charge is 0.448 e. The van der Waals surface area contributed by atoms with Gasteiger partial charge in [0.2, 0.25) is 17.1 Å². The van der Waals surface area contributed by atoms with Crippen molar-refractivity contribution >= 4 is 23.2 Å². The van der Waals surface area contributed by atoms with Gasteiger partial charge in [0.15, 0.2) is 5.41 Å². The van der Waals surface area contributed by atoms with E-state index in [-0.39, 0.29) is 16.3 Å². The first-order chi connectivity index (χ1) is 13.7. The first-order valence-electron chi connectivity index (χ1n) is 8.80. The fourth-order valence-corrected chi connectivity index (χ4v) is 4.66. The van der Waals surface area contributed by atoms with Crippen molar-refractivity contribution in [3.05, 3.63) is 38.9 Å². The van der Waals surface area contributed by atoms with E-state index in [1.54, 1.807) is 0 Å². The number of nitriles is 3. The molecular weight excluding hydrogens is 398 g/mol. The molecule has 0 spiro atoms. The zero-order chi connectivity index (χ0) is 21.6. The van der Waals surface area contributed by atoms with Crippen LogP contribution in [-0.4, -0.2) is 16.6 Å². The number of nitrogens with zero attached hydrogens (tertiary/aromatic N) is 4. The Labute approximate surface area is 171 Å². The van der Waals surface area contributed by atoms with Gasteiger partial charge >= 0.3 is 0 Å². The molecule has 0 aromatic heterocycles. The lowest BCUT2D eigenvalue weighted by Gasteiger charge is -2.48. The summed E-state index contributed by atoms with van der Waals surface area (Å²) in [6.07, 6.45) is -0.475. The molecule has 4 unspecified atom stereocenters. The lowest BCUT2D eigenvalue weighted by molar-refractivity contribution is -0.385. The number of hydrogen-bond donors (Lipinski definition) is 1. The van der Waals surface area contributed by atoms with Gasteiger partial charge < -0.3 is 9.47 Å². The molecule has 0 aliphatic carbocycles. The van der Waals surface area contributed by atoms with Gasteiger partial charge in [0, 0.05) is 29.6 Å². The standard InChI is InChI=1S/C19H16ClN5O4/c1-3-4-14-17(2)28-15(12-7-11(25(26)27)5-6-13(12)20)18(8-21,9-22)19(14,10-23)16(24)29-17/h5-7,14-15,24H,3-4H2,1-2H3. The number of rotatable bonds is 4. The van der Waals surface area contributed by atoms with E-state index in [0.717, 1.165) is 6.07 Å². The van der Waals surface area contributed by atoms with Gasteiger partial charge in [-0.05, 0) is 12.5 Å². The van der Waals surface area contributed by atoms with Crippen molar-refractivity contribution in [3.63, 3.8) is 0 Å². The maximum atomic E-state index is 11.2. The fraction of sp³-hybridized carbons (Fsp3) is 0.474. The molecule has 0 saturated carbocycles. The highest BCUT2D eigenvalue weighted by Gasteiger charge is 2.79. The minimum Gasteiger partial charge on any atom is -0.448 e. The average molecular weight is 414 g/mol. The highest BCUT2D eigenvalue weighted by atomic mass is 35.5. The Hall–Kier alpha value is -3.19. The number of benzene rings is 1. The molecule has 10 heteroatoms. The minimum atomic E-state index is -2.20. The molecule has 1 aromatic rings. The maximum Gasteiger partial charge on any atom is 0.269 e. The predicted molar refractivity (Wildman–Crippen MR) is 99.3 cm³/mol. The molecule has 9 nitrogen and oxygen atoms in total. The van der Waals surface area contributed by atoms with Crippen molar-refractivity contribution in [2.24, 2.45) is 16.7 Å². The predicted octanol–water partition coefficient (Wildman–Crippen LogP) is 4.00. The number of non-ortho nitro benzene ring substituents is 1. The molecule has 2 bridgehead atoms. The molecule has 29 heavy (non-hydrogen) atoms. The van der Waals surface area contributed by atoms with Crippen molar-refractivity contribution in [2.45, 2.75) is 38.6 Å². The zero-order valence-electron chi connectivity index (χ0n) is 15.6. The molecule has 2 aliphatic heterocycles. The second-order valence-electron chi connectivity index (χ2n) is 7.20. The Morgan fingerprint density at radius 1 is 1.31 bits per heavy atom. The molecule has 148 valence electrons. The van der Waals surface area contributed by atoms with Gasteiger partial charge in [-0.25, -0.2) is 0 Å². The number of ether oxygens (including phenoxy) is 2. The molecule has 2 fully saturated rings. The fourth-order valence-electron chi connectivity index (χ4n) is 4.44. The van der Waals surface area contributed by atoms with Crippen molar-refractivity contribution in [1.29, 1.82) is 21.2 Å². The van der Waals surface area contributed by atoms with E-state index in [4.69, 9.17) is 26.5 Å². The van der Waals surface area contributed by atoms with Gasteiger partial charge in [0.05, 0.1) is 29.0 Å². The number of hydrogen-bond acceptors (Lipinski definition) is 8. The quantitative estimate of drug-likeness (QED) is 0.576. The van der Waals surface area contributed by atoms with Crippen LogP contribution in [0.4, 0.5) is 5.69 Å². The lowest BCUT2D eigenvalue weighted by Crippen LogP contribution is -2.58. The number of nitro groups is 1. The topological polar surface area (TPSA) is 157 Å². The summed E-state index contributed by atoms with van der Waals surface area (Å²) in [5.74, 6) is -2.75. The lowest BCUT2D eigenvalue weighted by atomic mass is 9.53. The molecule has 4 atom stereocenters. The third-order valence-corrected chi connectivity index (χ3v) is 6.11. The smallest absolute Gasteiger partial charge is 0.269 e. The van der Waals surface area contributed by atoms with Crippen LogP contribution < -0.4 is 0 Å². The molecule has 1 N–H and O–H groups in total. The van der Waals surface area contributed by atoms with Crippen LogP contribution in [0.15, 0.2) is 18.2 Å². The van der Waals surface area contributed by atoms with Crippen LogP contribution in [0.25, 0.3) is 0 Å². The second-order valence-corrected chi connectivity index (χ2v) is 7.61. The van der Waals surface area contributed by atoms with Crippen LogP contribution >= 0.6 is 11.6 Å². The van der Waals surface area contributed by atoms with E-state index in [0.29, 0.717) is 12.8 Å². The molecular formula is C19H16ClN5O4. The zero-order valence-corrected chi connectivity index (χ0v) is 16.4. The van der Waals surface area contributed by atoms with Gasteiger partial charge in [0.1, 0.15) is 6.10 Å². The molecule has 2 heterocycles. The Kier molecular flexibility index (Phi) is 4.75. The summed E-state index contributed by atoms with van der Waals surface area (Å²) < 4.78 is 11.7. The number of fused-ring (bicyclic) bond motifs is 2. The van der Waals surface area contributed by atoms with Crippen LogP contribution in [0.5, 0.6) is 0 Å². The van der Waals surface area contributed by atoms with Crippen molar-refractivity contribution < 1.29 is 14.4 Å². The summed E-state index contributed by atoms with van der Waals surface area (Å²) in [7, 11) is 0. The molecule has 3 rings (SSSR count). The van der Waals surface area contributed by atoms with E-state index in [1.807, 2.05) is 25.1 Å². The summed E-state index contributed by atoms with van der Waals surface area (Å²) in [5, 5.41) is 50.0. The van der Waals surface area contributed by atoms with Crippen LogP contribution in [0.2, 0.25) is 5.02 Å². The number of nitro benzene ring substituents is 1. The van der Waals surface area contributed by atoms with Crippen molar-refractivity contribution in [3.8, 4) is 18.2 Å². The first kappa shape index (κ1) is 20.5. The number of halogens is 1. The van der Waals surface area contributed by atoms with E-state index in [2.05, 4.69) is 0 Å². The summed E-state index contributed by atoms with van der Waals surface area (Å²) in [6, 6.07) is 9.37. The van der Waals surface area contributed by atoms with Gasteiger partial charge in [-0.1, -0.05) is 24.9 Å². The van der Waals surface area contributed by atoms with E-state index in [9.17, 15) is 25.9 Å². The maximum absolute atomic E-state index is 11.2. The Morgan fingerprint density at radius 2 is 1.97 bits per heavy atom. The van der Waals surface area contributed by atoms with Crippen LogP contribution in [0.1, 0.15) is 38.4 Å². The van der Waals surface area contributed by atoms with Gasteiger partial charge in [-0.2, -0.15) is 15.8 Å². The third kappa shape index (κ3) is 2.43. The monoisotopic (exact) mass is 413 g/mol. The van der Waals surface area contributed by atoms with Crippen LogP contribution in [0, 0.1) is 66.3 Å². The summed E-state index contributed by atoms with van der Waals surface area (Å²) in [6.45, 7) is 3.40. The second kappa shape index (κ2) is 6.70. The Morgan fingerprint density at radius 3 is 2.48 bits per heavy atom. The van der Waals surface area contributed by atoms with E-state index < -0.39 is 39.5 Å². The summed E-state index contributed by atoms with van der Waals surface area (Å²) in [5.41, 5.74) is -4.41. The van der Waals surface area contributed by atoms with Gasteiger partial charge in [-0.15, -0.1) is 0 Å². The van der Waals surface area contributed by atoms with Crippen molar-refractivity contribution in [1.82, 2.24) is 0 Å². The van der Waals surface area contributed by atoms with Gasteiger partial charge in [-0.3, -0.25) is 15.5 Å². The summed E-state index contributed by atoms with van der Waals surface area (Å²) in [4.78, 5) is 10.6. The highest BCUT2D eigenvalue weighted by molar-refractivity contribution is 6.31.